The molecule has 1 aromatic rings. The Morgan fingerprint density at radius 3 is 2.84 bits per heavy atom. The molecule has 0 saturated heterocycles. The lowest BCUT2D eigenvalue weighted by molar-refractivity contribution is 0.353. The third-order valence-corrected chi connectivity index (χ3v) is 4.69. The summed E-state index contributed by atoms with van der Waals surface area (Å²) >= 11 is 0. The Bertz CT molecular complexity index is 455. The molecule has 0 bridgehead atoms. The standard InChI is InChI=1S/C16H25N3/c1-13-7-6-10-19-16(18(13)2)12-15(17-19)11-14-8-4-3-5-9-14/h12,14H,1,3-11H2,2H3. The summed E-state index contributed by atoms with van der Waals surface area (Å²) in [6.07, 6.45) is 10.4. The molecule has 2 heterocycles. The average molecular weight is 259 g/mol. The Labute approximate surface area is 116 Å². The minimum Gasteiger partial charge on any atom is -0.334 e. The van der Waals surface area contributed by atoms with Crippen LogP contribution in [0, 0.1) is 5.92 Å². The highest BCUT2D eigenvalue weighted by molar-refractivity contribution is 5.46. The molecule has 0 radical (unpaired) electrons. The van der Waals surface area contributed by atoms with Crippen LogP contribution in [0.15, 0.2) is 18.3 Å². The number of aryl methyl sites for hydroxylation is 1. The van der Waals surface area contributed by atoms with E-state index < -0.39 is 0 Å². The molecule has 3 rings (SSSR count). The molecule has 0 spiro atoms. The molecule has 3 nitrogen and oxygen atoms in total. The van der Waals surface area contributed by atoms with Gasteiger partial charge in [0.15, 0.2) is 0 Å². The van der Waals surface area contributed by atoms with Crippen LogP contribution in [0.25, 0.3) is 0 Å². The number of hydrogen-bond donors (Lipinski definition) is 0. The van der Waals surface area contributed by atoms with Crippen molar-refractivity contribution < 1.29 is 0 Å². The average Bonchev–Trinajstić information content (AvgIpc) is 2.76. The van der Waals surface area contributed by atoms with Gasteiger partial charge in [0.1, 0.15) is 5.82 Å². The van der Waals surface area contributed by atoms with Gasteiger partial charge >= 0.3 is 0 Å². The molecule has 0 aromatic carbocycles. The van der Waals surface area contributed by atoms with Crippen molar-refractivity contribution in [3.8, 4) is 0 Å². The van der Waals surface area contributed by atoms with Gasteiger partial charge in [-0.2, -0.15) is 5.10 Å². The maximum absolute atomic E-state index is 4.82. The van der Waals surface area contributed by atoms with E-state index in [0.717, 1.165) is 25.3 Å². The zero-order valence-corrected chi connectivity index (χ0v) is 12.1. The van der Waals surface area contributed by atoms with E-state index in [2.05, 4.69) is 29.3 Å². The van der Waals surface area contributed by atoms with Crippen LogP contribution in [0.1, 0.15) is 50.6 Å². The lowest BCUT2D eigenvalue weighted by Crippen LogP contribution is -2.16. The van der Waals surface area contributed by atoms with Crippen LogP contribution >= 0.6 is 0 Å². The third-order valence-electron chi connectivity index (χ3n) is 4.69. The summed E-state index contributed by atoms with van der Waals surface area (Å²) in [6, 6.07) is 2.28. The maximum atomic E-state index is 4.82. The zero-order chi connectivity index (χ0) is 13.2. The van der Waals surface area contributed by atoms with Crippen molar-refractivity contribution in [3.05, 3.63) is 24.0 Å². The number of allylic oxidation sites excluding steroid dienone is 1. The normalized spacial score (nSPS) is 21.3. The lowest BCUT2D eigenvalue weighted by Gasteiger charge is -2.20. The second-order valence-corrected chi connectivity index (χ2v) is 6.15. The van der Waals surface area contributed by atoms with E-state index in [4.69, 9.17) is 5.10 Å². The number of rotatable bonds is 2. The van der Waals surface area contributed by atoms with Crippen LogP contribution in [0.5, 0.6) is 0 Å². The fourth-order valence-corrected chi connectivity index (χ4v) is 3.44. The van der Waals surface area contributed by atoms with Crippen LogP contribution in [-0.2, 0) is 13.0 Å². The first kappa shape index (κ1) is 12.8. The Morgan fingerprint density at radius 1 is 1.26 bits per heavy atom. The minimum absolute atomic E-state index is 0.862. The van der Waals surface area contributed by atoms with E-state index in [9.17, 15) is 0 Å². The lowest BCUT2D eigenvalue weighted by atomic mass is 9.86. The van der Waals surface area contributed by atoms with Gasteiger partial charge in [-0.05, 0) is 25.2 Å². The fraction of sp³-hybridized carbons (Fsp3) is 0.688. The number of aromatic nitrogens is 2. The third kappa shape index (κ3) is 2.70. The molecule has 0 atom stereocenters. The van der Waals surface area contributed by atoms with Crippen LogP contribution in [0.2, 0.25) is 0 Å². The topological polar surface area (TPSA) is 21.1 Å². The highest BCUT2D eigenvalue weighted by atomic mass is 15.4. The van der Waals surface area contributed by atoms with E-state index in [1.807, 2.05) is 0 Å². The number of anilines is 1. The summed E-state index contributed by atoms with van der Waals surface area (Å²) in [5, 5.41) is 4.82. The number of nitrogens with zero attached hydrogens (tertiary/aromatic N) is 3. The maximum Gasteiger partial charge on any atom is 0.131 e. The molecule has 19 heavy (non-hydrogen) atoms. The van der Waals surface area contributed by atoms with Crippen LogP contribution < -0.4 is 4.90 Å². The highest BCUT2D eigenvalue weighted by Gasteiger charge is 2.20. The Morgan fingerprint density at radius 2 is 2.05 bits per heavy atom. The summed E-state index contributed by atoms with van der Waals surface area (Å²) < 4.78 is 2.18. The van der Waals surface area contributed by atoms with Gasteiger partial charge in [0.2, 0.25) is 0 Å². The SMILES string of the molecule is C=C1CCCn2nc(CC3CCCCC3)cc2N1C. The molecule has 1 saturated carbocycles. The van der Waals surface area contributed by atoms with Gasteiger partial charge in [0.25, 0.3) is 0 Å². The molecule has 0 N–H and O–H groups in total. The van der Waals surface area contributed by atoms with E-state index >= 15 is 0 Å². The van der Waals surface area contributed by atoms with Crippen molar-refractivity contribution in [2.45, 2.75) is 57.9 Å². The van der Waals surface area contributed by atoms with Gasteiger partial charge in [0, 0.05) is 25.4 Å². The van der Waals surface area contributed by atoms with E-state index in [1.165, 1.54) is 55.7 Å². The van der Waals surface area contributed by atoms with Crippen molar-refractivity contribution in [1.82, 2.24) is 9.78 Å². The Hall–Kier alpha value is -1.25. The van der Waals surface area contributed by atoms with Crippen molar-refractivity contribution >= 4 is 5.82 Å². The van der Waals surface area contributed by atoms with E-state index in [1.54, 1.807) is 0 Å². The molecule has 2 aliphatic rings. The second kappa shape index (κ2) is 5.40. The molecule has 1 aromatic heterocycles. The van der Waals surface area contributed by atoms with Gasteiger partial charge in [-0.3, -0.25) is 0 Å². The number of hydrogen-bond acceptors (Lipinski definition) is 2. The summed E-state index contributed by atoms with van der Waals surface area (Å²) in [4.78, 5) is 2.21. The van der Waals surface area contributed by atoms with Crippen LogP contribution in [0.3, 0.4) is 0 Å². The van der Waals surface area contributed by atoms with Crippen LogP contribution in [-0.4, -0.2) is 16.8 Å². The summed E-state index contributed by atoms with van der Waals surface area (Å²) in [7, 11) is 2.12. The van der Waals surface area contributed by atoms with Gasteiger partial charge in [0.05, 0.1) is 5.69 Å². The van der Waals surface area contributed by atoms with E-state index in [-0.39, 0.29) is 0 Å². The summed E-state index contributed by atoms with van der Waals surface area (Å²) in [5.41, 5.74) is 2.49. The minimum atomic E-state index is 0.862. The first-order valence-electron chi connectivity index (χ1n) is 7.72. The molecule has 0 unspecified atom stereocenters. The van der Waals surface area contributed by atoms with Crippen molar-refractivity contribution in [2.24, 2.45) is 5.92 Å². The summed E-state index contributed by atoms with van der Waals surface area (Å²) in [5.74, 6) is 2.09. The molecule has 1 fully saturated rings. The predicted octanol–water partition coefficient (Wildman–Crippen LogP) is 3.75. The monoisotopic (exact) mass is 259 g/mol. The van der Waals surface area contributed by atoms with Crippen LogP contribution in [0.4, 0.5) is 5.82 Å². The Balaban J connectivity index is 1.75. The van der Waals surface area contributed by atoms with Gasteiger partial charge in [-0.15, -0.1) is 0 Å². The quantitative estimate of drug-likeness (QED) is 0.806. The number of fused-ring (bicyclic) bond motifs is 1. The second-order valence-electron chi connectivity index (χ2n) is 6.15. The highest BCUT2D eigenvalue weighted by Crippen LogP contribution is 2.29. The van der Waals surface area contributed by atoms with Crippen molar-refractivity contribution in [3.63, 3.8) is 0 Å². The molecule has 104 valence electrons. The molecule has 1 aliphatic carbocycles. The van der Waals surface area contributed by atoms with Gasteiger partial charge < -0.3 is 4.90 Å². The molecule has 0 amide bonds. The first-order chi connectivity index (χ1) is 9.24. The predicted molar refractivity (Wildman–Crippen MR) is 79.3 cm³/mol. The Kier molecular flexibility index (Phi) is 3.63. The zero-order valence-electron chi connectivity index (χ0n) is 12.1. The first-order valence-corrected chi connectivity index (χ1v) is 7.72. The molecular weight excluding hydrogens is 234 g/mol. The summed E-state index contributed by atoms with van der Waals surface area (Å²) in [6.45, 7) is 5.19. The fourth-order valence-electron chi connectivity index (χ4n) is 3.44. The molecule has 1 aliphatic heterocycles. The van der Waals surface area contributed by atoms with Crippen molar-refractivity contribution in [1.29, 1.82) is 0 Å². The van der Waals surface area contributed by atoms with Gasteiger partial charge in [-0.25, -0.2) is 4.68 Å². The van der Waals surface area contributed by atoms with E-state index in [0.29, 0.717) is 0 Å². The molecule has 3 heteroatoms. The van der Waals surface area contributed by atoms with Gasteiger partial charge in [-0.1, -0.05) is 38.7 Å². The van der Waals surface area contributed by atoms with Crippen molar-refractivity contribution in [2.75, 3.05) is 11.9 Å². The largest absolute Gasteiger partial charge is 0.334 e. The smallest absolute Gasteiger partial charge is 0.131 e. The molecular formula is C16H25N3.